The number of rotatable bonds is 6. The number of carbonyl (C=O) groups is 1. The third kappa shape index (κ3) is 4.20. The number of benzene rings is 3. The van der Waals surface area contributed by atoms with E-state index in [0.29, 0.717) is 5.56 Å². The van der Waals surface area contributed by atoms with Gasteiger partial charge < -0.3 is 4.74 Å². The summed E-state index contributed by atoms with van der Waals surface area (Å²) in [6.45, 7) is 3.78. The predicted molar refractivity (Wildman–Crippen MR) is 102 cm³/mol. The van der Waals surface area contributed by atoms with Crippen molar-refractivity contribution >= 4 is 16.9 Å². The summed E-state index contributed by atoms with van der Waals surface area (Å²) in [6.07, 6.45) is 1.56. The highest BCUT2D eigenvalue weighted by atomic mass is 32.2. The Bertz CT molecular complexity index is 787. The Balaban J connectivity index is 1.94. The van der Waals surface area contributed by atoms with Crippen LogP contribution in [0, 0.1) is 0 Å². The van der Waals surface area contributed by atoms with Crippen LogP contribution in [0.15, 0.2) is 112 Å². The number of esters is 1. The highest BCUT2D eigenvalue weighted by Crippen LogP contribution is 2.31. The van der Waals surface area contributed by atoms with Crippen LogP contribution in [-0.2, 0) is 15.6 Å². The van der Waals surface area contributed by atoms with Gasteiger partial charge in [0.05, 0.1) is 16.5 Å². The molecular weight excluding hydrogens is 328 g/mol. The van der Waals surface area contributed by atoms with Gasteiger partial charge in [-0.3, -0.25) is 0 Å². The van der Waals surface area contributed by atoms with Gasteiger partial charge in [-0.25, -0.2) is 4.79 Å². The average Bonchev–Trinajstić information content (AvgIpc) is 2.68. The molecule has 3 rings (SSSR count). The zero-order valence-corrected chi connectivity index (χ0v) is 14.6. The van der Waals surface area contributed by atoms with Gasteiger partial charge in [0, 0.05) is 0 Å². The maximum Gasteiger partial charge on any atom is 0.338 e. The van der Waals surface area contributed by atoms with E-state index in [1.165, 1.54) is 9.79 Å². The summed E-state index contributed by atoms with van der Waals surface area (Å²) in [5.74, 6) is -0.328. The smallest absolute Gasteiger partial charge is 0.338 e. The molecule has 0 bridgehead atoms. The quantitative estimate of drug-likeness (QED) is 0.351. The van der Waals surface area contributed by atoms with Gasteiger partial charge in [-0.1, -0.05) is 49.1 Å². The van der Waals surface area contributed by atoms with Crippen molar-refractivity contribution in [3.05, 3.63) is 103 Å². The second-order valence-electron chi connectivity index (χ2n) is 5.34. The largest absolute Gasteiger partial charge is 0.458 e. The van der Waals surface area contributed by atoms with Gasteiger partial charge >= 0.3 is 5.97 Å². The number of ether oxygens (including phenoxy) is 1. The first kappa shape index (κ1) is 17.1. The lowest BCUT2D eigenvalue weighted by Crippen LogP contribution is -2.07. The molecular formula is C22H19O2S+. The van der Waals surface area contributed by atoms with Crippen LogP contribution >= 0.6 is 0 Å². The fourth-order valence-electron chi connectivity index (χ4n) is 2.47. The van der Waals surface area contributed by atoms with Crippen LogP contribution in [0.2, 0.25) is 0 Å². The van der Waals surface area contributed by atoms with Crippen LogP contribution in [0.5, 0.6) is 0 Å². The van der Waals surface area contributed by atoms with Crippen LogP contribution in [-0.4, -0.2) is 12.6 Å². The standard InChI is InChI=1S/C22H19O2S/c1-2-17-24-22(23)18-13-15-21(16-14-18)25(19-9-5-3-6-10-19)20-11-7-4-8-12-20/h2-16H,1,17H2/q+1. The van der Waals surface area contributed by atoms with Crippen molar-refractivity contribution in [3.63, 3.8) is 0 Å². The van der Waals surface area contributed by atoms with Crippen molar-refractivity contribution in [2.24, 2.45) is 0 Å². The highest BCUT2D eigenvalue weighted by Gasteiger charge is 2.28. The Morgan fingerprint density at radius 2 is 1.28 bits per heavy atom. The van der Waals surface area contributed by atoms with Crippen LogP contribution in [0.4, 0.5) is 0 Å². The van der Waals surface area contributed by atoms with E-state index in [-0.39, 0.29) is 23.5 Å². The minimum atomic E-state index is -0.328. The highest BCUT2D eigenvalue weighted by molar-refractivity contribution is 7.97. The van der Waals surface area contributed by atoms with Crippen molar-refractivity contribution in [3.8, 4) is 0 Å². The van der Waals surface area contributed by atoms with Crippen molar-refractivity contribution in [2.45, 2.75) is 14.7 Å². The van der Waals surface area contributed by atoms with E-state index in [0.717, 1.165) is 4.90 Å². The molecule has 0 saturated carbocycles. The molecule has 3 aromatic rings. The van der Waals surface area contributed by atoms with Gasteiger partial charge in [-0.05, 0) is 48.5 Å². The Morgan fingerprint density at radius 1 is 0.800 bits per heavy atom. The fraction of sp³-hybridized carbons (Fsp3) is 0.0455. The molecule has 0 aliphatic carbocycles. The van der Waals surface area contributed by atoms with Gasteiger partial charge in [0.2, 0.25) is 0 Å². The van der Waals surface area contributed by atoms with Crippen LogP contribution < -0.4 is 0 Å². The van der Waals surface area contributed by atoms with E-state index in [2.05, 4.69) is 55.1 Å². The molecule has 0 radical (unpaired) electrons. The third-order valence-corrected chi connectivity index (χ3v) is 5.85. The van der Waals surface area contributed by atoms with E-state index in [4.69, 9.17) is 4.74 Å². The Labute approximate surface area is 151 Å². The molecule has 2 nitrogen and oxygen atoms in total. The summed E-state index contributed by atoms with van der Waals surface area (Å²) in [5.41, 5.74) is 0.551. The maximum absolute atomic E-state index is 12.0. The SMILES string of the molecule is C=CCOC(=O)c1ccc([S+](c2ccccc2)c2ccccc2)cc1. The van der Waals surface area contributed by atoms with Crippen LogP contribution in [0.3, 0.4) is 0 Å². The zero-order valence-electron chi connectivity index (χ0n) is 13.8. The zero-order chi connectivity index (χ0) is 17.5. The van der Waals surface area contributed by atoms with Gasteiger partial charge in [0.1, 0.15) is 6.61 Å². The molecule has 0 aliphatic rings. The molecule has 0 heterocycles. The Kier molecular flexibility index (Phi) is 5.70. The number of carbonyl (C=O) groups excluding carboxylic acids is 1. The van der Waals surface area contributed by atoms with Crippen molar-refractivity contribution in [1.82, 2.24) is 0 Å². The molecule has 25 heavy (non-hydrogen) atoms. The lowest BCUT2D eigenvalue weighted by Gasteiger charge is -2.08. The normalized spacial score (nSPS) is 10.4. The number of hydrogen-bond acceptors (Lipinski definition) is 2. The molecule has 0 unspecified atom stereocenters. The molecule has 0 aliphatic heterocycles. The van der Waals surface area contributed by atoms with E-state index in [9.17, 15) is 4.79 Å². The first-order chi connectivity index (χ1) is 12.3. The summed E-state index contributed by atoms with van der Waals surface area (Å²) in [6, 6.07) is 28.5. The van der Waals surface area contributed by atoms with Crippen molar-refractivity contribution in [2.75, 3.05) is 6.61 Å². The third-order valence-electron chi connectivity index (χ3n) is 3.62. The minimum Gasteiger partial charge on any atom is -0.458 e. The molecule has 0 spiro atoms. The Hall–Kier alpha value is -2.78. The first-order valence-corrected chi connectivity index (χ1v) is 9.24. The summed E-state index contributed by atoms with van der Waals surface area (Å²) >= 11 is 0. The second-order valence-corrected chi connectivity index (χ2v) is 7.37. The number of hydrogen-bond donors (Lipinski definition) is 0. The van der Waals surface area contributed by atoms with Gasteiger partial charge in [-0.15, -0.1) is 0 Å². The summed E-state index contributed by atoms with van der Waals surface area (Å²) in [5, 5.41) is 0. The van der Waals surface area contributed by atoms with Gasteiger partial charge in [-0.2, -0.15) is 0 Å². The van der Waals surface area contributed by atoms with Crippen molar-refractivity contribution < 1.29 is 9.53 Å². The molecule has 0 amide bonds. The van der Waals surface area contributed by atoms with Crippen molar-refractivity contribution in [1.29, 1.82) is 0 Å². The summed E-state index contributed by atoms with van der Waals surface area (Å²) in [7, 11) is -0.210. The van der Waals surface area contributed by atoms with E-state index < -0.39 is 0 Å². The fourth-order valence-corrected chi connectivity index (χ4v) is 4.55. The molecule has 3 aromatic carbocycles. The average molecular weight is 347 g/mol. The molecule has 124 valence electrons. The Morgan fingerprint density at radius 3 is 1.76 bits per heavy atom. The summed E-state index contributed by atoms with van der Waals surface area (Å²) in [4.78, 5) is 15.6. The monoisotopic (exact) mass is 347 g/mol. The molecule has 0 fully saturated rings. The van der Waals surface area contributed by atoms with E-state index in [1.807, 2.05) is 36.4 Å². The lowest BCUT2D eigenvalue weighted by molar-refractivity contribution is 0.0549. The topological polar surface area (TPSA) is 26.3 Å². The van der Waals surface area contributed by atoms with E-state index in [1.54, 1.807) is 6.08 Å². The van der Waals surface area contributed by atoms with E-state index >= 15 is 0 Å². The second kappa shape index (κ2) is 8.36. The van der Waals surface area contributed by atoms with Crippen LogP contribution in [0.1, 0.15) is 10.4 Å². The molecule has 0 aromatic heterocycles. The molecule has 0 atom stereocenters. The summed E-state index contributed by atoms with van der Waals surface area (Å²) < 4.78 is 5.09. The first-order valence-electron chi connectivity index (χ1n) is 8.02. The molecule has 0 saturated heterocycles. The predicted octanol–water partition coefficient (Wildman–Crippen LogP) is 5.12. The minimum absolute atomic E-state index is 0.210. The van der Waals surface area contributed by atoms with Crippen LogP contribution in [0.25, 0.3) is 0 Å². The lowest BCUT2D eigenvalue weighted by atomic mass is 10.2. The van der Waals surface area contributed by atoms with Gasteiger partial charge in [0.25, 0.3) is 0 Å². The van der Waals surface area contributed by atoms with Gasteiger partial charge in [0.15, 0.2) is 14.7 Å². The maximum atomic E-state index is 12.0. The molecule has 3 heteroatoms. The molecule has 0 N–H and O–H groups in total.